The lowest BCUT2D eigenvalue weighted by Gasteiger charge is -2.25. The quantitative estimate of drug-likeness (QED) is 0.0211. The molecule has 0 aliphatic heterocycles. The molecule has 0 aliphatic carbocycles. The van der Waals surface area contributed by atoms with Crippen LogP contribution in [0.3, 0.4) is 0 Å². The van der Waals surface area contributed by atoms with Crippen LogP contribution in [0.5, 0.6) is 0 Å². The number of ether oxygens (including phenoxy) is 4. The van der Waals surface area contributed by atoms with Gasteiger partial charge in [-0.1, -0.05) is 413 Å². The Morgan fingerprint density at radius 3 is 0.835 bits per heavy atom. The fourth-order valence-corrected chi connectivity index (χ4v) is 13.1. The summed E-state index contributed by atoms with van der Waals surface area (Å²) in [4.78, 5) is 37.8. The Kier molecular flexibility index (Phi) is 80.8. The van der Waals surface area contributed by atoms with Crippen molar-refractivity contribution in [3.8, 4) is 0 Å². The first kappa shape index (κ1) is 99.2. The number of hydrogen-bond acceptors (Lipinski definition) is 7. The second kappa shape index (κ2) is 83.8. The van der Waals surface area contributed by atoms with Crippen LogP contribution in [-0.2, 0) is 33.3 Å². The van der Waals surface area contributed by atoms with Crippen LogP contribution in [0.2, 0.25) is 0 Å². The number of carbonyl (C=O) groups excluding carboxylic acids is 2. The third-order valence-corrected chi connectivity index (χ3v) is 19.8. The molecule has 0 aromatic heterocycles. The molecular weight excluding hydrogens is 1270 g/mol. The Hall–Kier alpha value is -3.79. The number of unbranched alkanes of at least 4 members (excludes halogenated alkanes) is 52. The SMILES string of the molecule is CC/C=C\C/C=C\C/C=C\C/C=C\C/C=C\C/C=C\C/C=C\CCCCCCCCCCCCCCCCCCCC(=O)OC(COC(=O)CCCCCCCCCCCCCCCCCCCCCCCCCCCCC/C=C\CCCCCCCCCC)COC(OCC[N+](C)(C)C)C(=O)O. The number of hydrogen-bond donors (Lipinski definition) is 1. The zero-order valence-electron chi connectivity index (χ0n) is 68.7. The van der Waals surface area contributed by atoms with Crippen LogP contribution in [0.1, 0.15) is 425 Å². The lowest BCUT2D eigenvalue weighted by atomic mass is 10.0. The topological polar surface area (TPSA) is 108 Å². The molecule has 0 heterocycles. The summed E-state index contributed by atoms with van der Waals surface area (Å²) < 4.78 is 23.1. The Bertz CT molecular complexity index is 2030. The lowest BCUT2D eigenvalue weighted by molar-refractivity contribution is -0.870. The molecule has 9 nitrogen and oxygen atoms in total. The first-order valence-electron chi connectivity index (χ1n) is 44.4. The summed E-state index contributed by atoms with van der Waals surface area (Å²) in [5.74, 6) is -1.98. The first-order valence-corrected chi connectivity index (χ1v) is 44.4. The molecule has 0 radical (unpaired) electrons. The summed E-state index contributed by atoms with van der Waals surface area (Å²) in [6.45, 7) is 4.82. The minimum atomic E-state index is -1.51. The summed E-state index contributed by atoms with van der Waals surface area (Å²) >= 11 is 0. The zero-order chi connectivity index (χ0) is 74.6. The molecule has 0 spiro atoms. The van der Waals surface area contributed by atoms with E-state index in [4.69, 9.17) is 18.9 Å². The molecule has 9 heteroatoms. The molecule has 598 valence electrons. The number of likely N-dealkylation sites (N-methyl/N-ethyl adjacent to an activating group) is 1. The molecule has 0 aromatic carbocycles. The maximum absolute atomic E-state index is 13.0. The molecule has 0 bridgehead atoms. The number of allylic oxidation sites excluding steroid dienone is 16. The van der Waals surface area contributed by atoms with E-state index in [1.165, 1.54) is 315 Å². The summed E-state index contributed by atoms with van der Waals surface area (Å²) in [5, 5.41) is 9.79. The van der Waals surface area contributed by atoms with Crippen LogP contribution in [-0.4, -0.2) is 87.4 Å². The molecule has 0 rings (SSSR count). The van der Waals surface area contributed by atoms with Crippen LogP contribution in [0.25, 0.3) is 0 Å². The molecule has 0 aromatic rings. The summed E-state index contributed by atoms with van der Waals surface area (Å²) in [5.41, 5.74) is 0. The molecule has 0 saturated heterocycles. The molecule has 103 heavy (non-hydrogen) atoms. The maximum atomic E-state index is 13.0. The Labute approximate surface area is 639 Å². The average Bonchev–Trinajstić information content (AvgIpc) is 0.985. The van der Waals surface area contributed by atoms with Gasteiger partial charge in [0.15, 0.2) is 6.10 Å². The average molecular weight is 1440 g/mol. The first-order chi connectivity index (χ1) is 50.6. The summed E-state index contributed by atoms with van der Waals surface area (Å²) in [6.07, 6.45) is 115. The molecule has 0 amide bonds. The molecule has 2 atom stereocenters. The van der Waals surface area contributed by atoms with E-state index in [1.54, 1.807) is 0 Å². The number of carboxylic acids is 1. The second-order valence-electron chi connectivity index (χ2n) is 31.2. The Morgan fingerprint density at radius 2 is 0.553 bits per heavy atom. The van der Waals surface area contributed by atoms with Crippen LogP contribution in [0.15, 0.2) is 97.2 Å². The van der Waals surface area contributed by atoms with E-state index in [1.807, 2.05) is 21.1 Å². The predicted molar refractivity (Wildman–Crippen MR) is 447 cm³/mol. The van der Waals surface area contributed by atoms with Crippen molar-refractivity contribution in [1.29, 1.82) is 0 Å². The van der Waals surface area contributed by atoms with E-state index in [-0.39, 0.29) is 38.2 Å². The van der Waals surface area contributed by atoms with E-state index >= 15 is 0 Å². The van der Waals surface area contributed by atoms with Crippen molar-refractivity contribution < 1.29 is 42.9 Å². The van der Waals surface area contributed by atoms with Crippen LogP contribution >= 0.6 is 0 Å². The highest BCUT2D eigenvalue weighted by Gasteiger charge is 2.25. The van der Waals surface area contributed by atoms with Gasteiger partial charge in [-0.2, -0.15) is 0 Å². The number of esters is 2. The number of nitrogens with zero attached hydrogens (tertiary/aromatic N) is 1. The van der Waals surface area contributed by atoms with Gasteiger partial charge in [0.05, 0.1) is 34.4 Å². The van der Waals surface area contributed by atoms with Crippen LogP contribution in [0, 0.1) is 0 Å². The minimum absolute atomic E-state index is 0.179. The molecule has 1 N–H and O–H groups in total. The van der Waals surface area contributed by atoms with Crippen molar-refractivity contribution in [1.82, 2.24) is 0 Å². The highest BCUT2D eigenvalue weighted by molar-refractivity contribution is 5.71. The van der Waals surface area contributed by atoms with Crippen molar-refractivity contribution in [2.45, 2.75) is 437 Å². The van der Waals surface area contributed by atoms with E-state index < -0.39 is 18.4 Å². The zero-order valence-corrected chi connectivity index (χ0v) is 68.7. The van der Waals surface area contributed by atoms with Gasteiger partial charge in [-0.25, -0.2) is 4.79 Å². The van der Waals surface area contributed by atoms with Gasteiger partial charge in [0.2, 0.25) is 0 Å². The van der Waals surface area contributed by atoms with Gasteiger partial charge in [0.1, 0.15) is 13.2 Å². The van der Waals surface area contributed by atoms with Gasteiger partial charge in [-0.3, -0.25) is 9.59 Å². The predicted octanol–water partition coefficient (Wildman–Crippen LogP) is 29.0. The van der Waals surface area contributed by atoms with E-state index in [0.29, 0.717) is 17.4 Å². The number of carboxylic acid groups (broad SMARTS) is 1. The third kappa shape index (κ3) is 85.3. The molecule has 0 fully saturated rings. The second-order valence-corrected chi connectivity index (χ2v) is 31.2. The standard InChI is InChI=1S/C94H169NO8/c1-6-8-10-12-14-16-18-20-22-24-26-28-30-32-34-36-38-40-42-44-46-48-50-52-54-56-58-60-62-64-66-68-70-72-74-76-78-80-82-84-91(96)101-88-90(89-102-94(93(98)99)100-87-86-95(3,4)5)103-92(97)85-83-81-79-77-75-73-71-69-67-65-63-61-59-57-55-53-51-49-47-45-43-41-39-37-35-33-31-29-27-25-23-21-19-17-15-13-11-9-7-2/h9,11,15,17,21,23-24,26-27,29,33,35,39,41,45,47,90,94H,6-8,10,12-14,16,18-20,22,25,28,30-32,34,36-38,40,42-44,46,48-89H2,1-5H3/p+1/b11-9-,17-15-,23-21-,26-24-,29-27-,35-33-,41-39-,47-45-. The molecule has 0 aliphatic rings. The Morgan fingerprint density at radius 1 is 0.301 bits per heavy atom. The summed E-state index contributed by atoms with van der Waals surface area (Å²) in [7, 11) is 6.00. The van der Waals surface area contributed by atoms with Gasteiger partial charge >= 0.3 is 17.9 Å². The van der Waals surface area contributed by atoms with Crippen molar-refractivity contribution >= 4 is 17.9 Å². The van der Waals surface area contributed by atoms with E-state index in [2.05, 4.69) is 111 Å². The van der Waals surface area contributed by atoms with Gasteiger partial charge in [0, 0.05) is 12.8 Å². The largest absolute Gasteiger partial charge is 0.477 e. The molecule has 0 saturated carbocycles. The smallest absolute Gasteiger partial charge is 0.361 e. The number of quaternary nitrogens is 1. The minimum Gasteiger partial charge on any atom is -0.477 e. The number of carbonyl (C=O) groups is 3. The van der Waals surface area contributed by atoms with Crippen molar-refractivity contribution in [3.05, 3.63) is 97.2 Å². The monoisotopic (exact) mass is 1440 g/mol. The van der Waals surface area contributed by atoms with Crippen LogP contribution < -0.4 is 0 Å². The van der Waals surface area contributed by atoms with Crippen LogP contribution in [0.4, 0.5) is 0 Å². The fourth-order valence-electron chi connectivity index (χ4n) is 13.1. The maximum Gasteiger partial charge on any atom is 0.361 e. The van der Waals surface area contributed by atoms with Crippen molar-refractivity contribution in [2.24, 2.45) is 0 Å². The van der Waals surface area contributed by atoms with E-state index in [0.717, 1.165) is 83.5 Å². The van der Waals surface area contributed by atoms with E-state index in [9.17, 15) is 19.5 Å². The Balaban J connectivity index is 3.94. The summed E-state index contributed by atoms with van der Waals surface area (Å²) in [6, 6.07) is 0. The normalized spacial score (nSPS) is 13.1. The highest BCUT2D eigenvalue weighted by Crippen LogP contribution is 2.20. The number of aliphatic carboxylic acids is 1. The number of rotatable bonds is 83. The molecule has 2 unspecified atom stereocenters. The van der Waals surface area contributed by atoms with Gasteiger partial charge < -0.3 is 28.5 Å². The molecular formula is C94H170NO8+. The third-order valence-electron chi connectivity index (χ3n) is 19.8. The van der Waals surface area contributed by atoms with Gasteiger partial charge in [0.25, 0.3) is 6.29 Å². The highest BCUT2D eigenvalue weighted by atomic mass is 16.7. The fraction of sp³-hybridized carbons (Fsp3) is 0.798. The van der Waals surface area contributed by atoms with Crippen molar-refractivity contribution in [3.63, 3.8) is 0 Å². The van der Waals surface area contributed by atoms with Gasteiger partial charge in [-0.15, -0.1) is 0 Å². The van der Waals surface area contributed by atoms with Crippen molar-refractivity contribution in [2.75, 3.05) is 47.5 Å². The van der Waals surface area contributed by atoms with Gasteiger partial charge in [-0.05, 0) is 96.3 Å². The lowest BCUT2D eigenvalue weighted by Crippen LogP contribution is -2.40.